The molecule has 0 radical (unpaired) electrons. The lowest BCUT2D eigenvalue weighted by Crippen LogP contribution is -2.42. The van der Waals surface area contributed by atoms with Gasteiger partial charge in [-0.25, -0.2) is 0 Å². The van der Waals surface area contributed by atoms with Crippen LogP contribution in [0.2, 0.25) is 0 Å². The Kier molecular flexibility index (Phi) is 3.47. The van der Waals surface area contributed by atoms with Gasteiger partial charge in [0.1, 0.15) is 6.10 Å². The van der Waals surface area contributed by atoms with Crippen LogP contribution >= 0.6 is 0 Å². The molecule has 0 aromatic heterocycles. The molecule has 1 fully saturated rings. The first kappa shape index (κ1) is 11.4. The van der Waals surface area contributed by atoms with Crippen LogP contribution in [-0.4, -0.2) is 37.0 Å². The molecule has 5 nitrogen and oxygen atoms in total. The molecule has 1 saturated heterocycles. The Balaban J connectivity index is 2.24. The Bertz CT molecular complexity index is 216. The van der Waals surface area contributed by atoms with Gasteiger partial charge in [0.15, 0.2) is 5.79 Å². The number of carbonyl (C=O) groups is 1. The normalized spacial score (nSPS) is 27.3. The lowest BCUT2D eigenvalue weighted by atomic mass is 10.3. The van der Waals surface area contributed by atoms with Gasteiger partial charge in [0.25, 0.3) is 0 Å². The molecular weight excluding hydrogens is 184 g/mol. The van der Waals surface area contributed by atoms with Crippen molar-refractivity contribution in [1.82, 2.24) is 5.32 Å². The first-order valence-corrected chi connectivity index (χ1v) is 4.76. The first-order chi connectivity index (χ1) is 6.41. The molecule has 1 rings (SSSR count). The van der Waals surface area contributed by atoms with Crippen molar-refractivity contribution in [2.45, 2.75) is 38.7 Å². The highest BCUT2D eigenvalue weighted by atomic mass is 16.7. The summed E-state index contributed by atoms with van der Waals surface area (Å²) in [6.45, 7) is 6.29. The molecule has 82 valence electrons. The molecule has 0 aliphatic carbocycles. The molecule has 1 amide bonds. The van der Waals surface area contributed by atoms with Crippen molar-refractivity contribution in [3.05, 3.63) is 0 Å². The molecule has 2 atom stereocenters. The van der Waals surface area contributed by atoms with Gasteiger partial charge in [-0.2, -0.15) is 0 Å². The zero-order chi connectivity index (χ0) is 10.8. The molecule has 0 aromatic carbocycles. The summed E-state index contributed by atoms with van der Waals surface area (Å²) in [5.41, 5.74) is 5.39. The number of hydrogen-bond acceptors (Lipinski definition) is 4. The second-order valence-electron chi connectivity index (χ2n) is 3.98. The Morgan fingerprint density at radius 2 is 2.36 bits per heavy atom. The smallest absolute Gasteiger partial charge is 0.236 e. The van der Waals surface area contributed by atoms with Crippen LogP contribution in [0, 0.1) is 0 Å². The minimum atomic E-state index is -0.538. The fraction of sp³-hybridized carbons (Fsp3) is 0.889. The van der Waals surface area contributed by atoms with E-state index in [0.717, 1.165) is 0 Å². The molecule has 5 heteroatoms. The Labute approximate surface area is 83.9 Å². The zero-order valence-corrected chi connectivity index (χ0v) is 8.87. The number of nitrogens with one attached hydrogen (secondary N) is 1. The van der Waals surface area contributed by atoms with Crippen LogP contribution in [0.1, 0.15) is 20.8 Å². The maximum Gasteiger partial charge on any atom is 0.236 e. The van der Waals surface area contributed by atoms with Gasteiger partial charge in [-0.05, 0) is 20.8 Å². The molecule has 1 heterocycles. The van der Waals surface area contributed by atoms with E-state index in [-0.39, 0.29) is 12.0 Å². The average Bonchev–Trinajstić information content (AvgIpc) is 2.41. The van der Waals surface area contributed by atoms with Crippen LogP contribution in [0.15, 0.2) is 0 Å². The van der Waals surface area contributed by atoms with Crippen LogP contribution in [0.3, 0.4) is 0 Å². The second kappa shape index (κ2) is 4.25. The lowest BCUT2D eigenvalue weighted by Gasteiger charge is -2.17. The molecule has 1 aliphatic heterocycles. The maximum atomic E-state index is 11.1. The summed E-state index contributed by atoms with van der Waals surface area (Å²) in [5, 5.41) is 2.69. The van der Waals surface area contributed by atoms with E-state index in [1.807, 2.05) is 13.8 Å². The Morgan fingerprint density at radius 3 is 2.79 bits per heavy atom. The van der Waals surface area contributed by atoms with Crippen molar-refractivity contribution < 1.29 is 14.3 Å². The topological polar surface area (TPSA) is 73.6 Å². The highest BCUT2D eigenvalue weighted by molar-refractivity contribution is 5.80. The largest absolute Gasteiger partial charge is 0.352 e. The molecule has 1 unspecified atom stereocenters. The predicted octanol–water partition coefficient (Wildman–Crippen LogP) is -0.399. The van der Waals surface area contributed by atoms with Crippen molar-refractivity contribution in [3.8, 4) is 0 Å². The van der Waals surface area contributed by atoms with Crippen LogP contribution in [0.4, 0.5) is 0 Å². The fourth-order valence-electron chi connectivity index (χ4n) is 1.24. The van der Waals surface area contributed by atoms with E-state index in [9.17, 15) is 4.79 Å². The van der Waals surface area contributed by atoms with Crippen molar-refractivity contribution in [1.29, 1.82) is 0 Å². The second-order valence-corrected chi connectivity index (χ2v) is 3.98. The van der Waals surface area contributed by atoms with Gasteiger partial charge in [0.05, 0.1) is 12.6 Å². The highest BCUT2D eigenvalue weighted by Crippen LogP contribution is 2.21. The summed E-state index contributed by atoms with van der Waals surface area (Å²) in [6.07, 6.45) is -0.0762. The van der Waals surface area contributed by atoms with Crippen LogP contribution in [-0.2, 0) is 14.3 Å². The van der Waals surface area contributed by atoms with Crippen molar-refractivity contribution in [2.75, 3.05) is 13.2 Å². The molecule has 3 N–H and O–H groups in total. The van der Waals surface area contributed by atoms with Crippen molar-refractivity contribution in [3.63, 3.8) is 0 Å². The summed E-state index contributed by atoms with van der Waals surface area (Å²) >= 11 is 0. The van der Waals surface area contributed by atoms with Gasteiger partial charge in [0.2, 0.25) is 5.91 Å². The summed E-state index contributed by atoms with van der Waals surface area (Å²) in [7, 11) is 0. The predicted molar refractivity (Wildman–Crippen MR) is 51.6 cm³/mol. The average molecular weight is 202 g/mol. The zero-order valence-electron chi connectivity index (χ0n) is 8.87. The number of amides is 1. The van der Waals surface area contributed by atoms with Crippen molar-refractivity contribution in [2.24, 2.45) is 5.73 Å². The lowest BCUT2D eigenvalue weighted by molar-refractivity contribution is -0.139. The van der Waals surface area contributed by atoms with E-state index in [1.54, 1.807) is 6.92 Å². The molecular formula is C9H18N2O3. The van der Waals surface area contributed by atoms with E-state index in [0.29, 0.717) is 13.2 Å². The van der Waals surface area contributed by atoms with Crippen LogP contribution in [0.25, 0.3) is 0 Å². The minimum Gasteiger partial charge on any atom is -0.352 e. The monoisotopic (exact) mass is 202 g/mol. The van der Waals surface area contributed by atoms with Gasteiger partial charge in [0, 0.05) is 6.54 Å². The van der Waals surface area contributed by atoms with E-state index in [2.05, 4.69) is 5.32 Å². The van der Waals surface area contributed by atoms with E-state index in [1.165, 1.54) is 0 Å². The summed E-state index contributed by atoms with van der Waals surface area (Å²) in [4.78, 5) is 11.1. The molecule has 0 spiro atoms. The SMILES string of the molecule is C[C@@H](N)C(=O)NCC1COC(C)(C)O1. The van der Waals surface area contributed by atoms with E-state index < -0.39 is 11.8 Å². The maximum absolute atomic E-state index is 11.1. The third-order valence-electron chi connectivity index (χ3n) is 1.98. The highest BCUT2D eigenvalue weighted by Gasteiger charge is 2.32. The Hall–Kier alpha value is -0.650. The van der Waals surface area contributed by atoms with E-state index in [4.69, 9.17) is 15.2 Å². The minimum absolute atomic E-state index is 0.0762. The molecule has 0 aromatic rings. The standard InChI is InChI=1S/C9H18N2O3/c1-6(10)8(12)11-4-7-5-13-9(2,3)14-7/h6-7H,4-5,10H2,1-3H3,(H,11,12)/t6-,7?/m1/s1. The van der Waals surface area contributed by atoms with Gasteiger partial charge < -0.3 is 20.5 Å². The number of nitrogens with two attached hydrogens (primary N) is 1. The third-order valence-corrected chi connectivity index (χ3v) is 1.98. The van der Waals surface area contributed by atoms with Gasteiger partial charge in [-0.15, -0.1) is 0 Å². The van der Waals surface area contributed by atoms with E-state index >= 15 is 0 Å². The fourth-order valence-corrected chi connectivity index (χ4v) is 1.24. The number of ether oxygens (including phenoxy) is 2. The molecule has 14 heavy (non-hydrogen) atoms. The van der Waals surface area contributed by atoms with Gasteiger partial charge in [-0.1, -0.05) is 0 Å². The Morgan fingerprint density at radius 1 is 1.71 bits per heavy atom. The summed E-state index contributed by atoms with van der Waals surface area (Å²) in [5.74, 6) is -0.706. The van der Waals surface area contributed by atoms with Crippen molar-refractivity contribution >= 4 is 5.91 Å². The summed E-state index contributed by atoms with van der Waals surface area (Å²) in [6, 6.07) is -0.481. The summed E-state index contributed by atoms with van der Waals surface area (Å²) < 4.78 is 10.8. The quantitative estimate of drug-likeness (QED) is 0.653. The molecule has 0 saturated carbocycles. The number of carbonyl (C=O) groups excluding carboxylic acids is 1. The molecule has 1 aliphatic rings. The number of hydrogen-bond donors (Lipinski definition) is 2. The molecule has 0 bridgehead atoms. The number of rotatable bonds is 3. The third kappa shape index (κ3) is 3.25. The van der Waals surface area contributed by atoms with Gasteiger partial charge >= 0.3 is 0 Å². The van der Waals surface area contributed by atoms with Gasteiger partial charge in [-0.3, -0.25) is 4.79 Å². The first-order valence-electron chi connectivity index (χ1n) is 4.76. The van der Waals surface area contributed by atoms with Crippen LogP contribution < -0.4 is 11.1 Å². The van der Waals surface area contributed by atoms with Crippen LogP contribution in [0.5, 0.6) is 0 Å².